The van der Waals surface area contributed by atoms with Crippen LogP contribution in [0.25, 0.3) is 0 Å². The predicted molar refractivity (Wildman–Crippen MR) is 75.6 cm³/mol. The Morgan fingerprint density at radius 1 is 1.42 bits per heavy atom. The molecule has 4 heteroatoms. The van der Waals surface area contributed by atoms with E-state index in [0.29, 0.717) is 12.2 Å². The molecule has 0 aliphatic heterocycles. The van der Waals surface area contributed by atoms with E-state index in [1.54, 1.807) is 0 Å². The van der Waals surface area contributed by atoms with Gasteiger partial charge < -0.3 is 15.6 Å². The quantitative estimate of drug-likeness (QED) is 0.857. The van der Waals surface area contributed by atoms with Crippen LogP contribution in [0.3, 0.4) is 0 Å². The first-order valence-electron chi connectivity index (χ1n) is 6.46. The van der Waals surface area contributed by atoms with E-state index in [4.69, 9.17) is 15.6 Å². The molecule has 1 rings (SSSR count). The molecule has 1 atom stereocenters. The maximum Gasteiger partial charge on any atom is 0.344 e. The first-order chi connectivity index (χ1) is 8.75. The standard InChI is InChI=1S/C15H23NO3/c1-10-9-11(15(2,3)4)5-6-12(10)19-13(7-8-16)14(17)18/h5-6,9,13H,7-8,16H2,1-4H3,(H,17,18). The lowest BCUT2D eigenvalue weighted by molar-refractivity contribution is -0.145. The summed E-state index contributed by atoms with van der Waals surface area (Å²) in [5.74, 6) is -0.376. The number of ether oxygens (including phenoxy) is 1. The van der Waals surface area contributed by atoms with Crippen LogP contribution in [-0.4, -0.2) is 23.7 Å². The third kappa shape index (κ3) is 4.24. The van der Waals surface area contributed by atoms with Gasteiger partial charge in [-0.1, -0.05) is 32.9 Å². The second-order valence-corrected chi connectivity index (χ2v) is 5.75. The maximum atomic E-state index is 11.1. The van der Waals surface area contributed by atoms with Gasteiger partial charge in [0.2, 0.25) is 0 Å². The maximum absolute atomic E-state index is 11.1. The fourth-order valence-electron chi connectivity index (χ4n) is 1.79. The normalized spacial score (nSPS) is 13.1. The molecule has 0 aromatic heterocycles. The Bertz CT molecular complexity index is 449. The first-order valence-corrected chi connectivity index (χ1v) is 6.46. The predicted octanol–water partition coefficient (Wildman–Crippen LogP) is 2.47. The van der Waals surface area contributed by atoms with E-state index >= 15 is 0 Å². The van der Waals surface area contributed by atoms with Crippen molar-refractivity contribution in [3.05, 3.63) is 29.3 Å². The zero-order chi connectivity index (χ0) is 14.6. The van der Waals surface area contributed by atoms with E-state index in [-0.39, 0.29) is 12.0 Å². The Morgan fingerprint density at radius 2 is 2.05 bits per heavy atom. The first kappa shape index (κ1) is 15.5. The minimum Gasteiger partial charge on any atom is -0.479 e. The highest BCUT2D eigenvalue weighted by Crippen LogP contribution is 2.28. The monoisotopic (exact) mass is 265 g/mol. The summed E-state index contributed by atoms with van der Waals surface area (Å²) in [5, 5.41) is 9.06. The van der Waals surface area contributed by atoms with Crippen LogP contribution in [0.2, 0.25) is 0 Å². The second kappa shape index (κ2) is 6.06. The largest absolute Gasteiger partial charge is 0.479 e. The van der Waals surface area contributed by atoms with Gasteiger partial charge in [-0.05, 0) is 36.1 Å². The molecule has 0 heterocycles. The molecular weight excluding hydrogens is 242 g/mol. The zero-order valence-electron chi connectivity index (χ0n) is 12.1. The number of hydrogen-bond donors (Lipinski definition) is 2. The van der Waals surface area contributed by atoms with Crippen LogP contribution in [0.15, 0.2) is 18.2 Å². The molecule has 0 radical (unpaired) electrons. The highest BCUT2D eigenvalue weighted by molar-refractivity contribution is 5.72. The van der Waals surface area contributed by atoms with Gasteiger partial charge in [-0.3, -0.25) is 0 Å². The molecule has 19 heavy (non-hydrogen) atoms. The molecule has 1 unspecified atom stereocenters. The van der Waals surface area contributed by atoms with Crippen LogP contribution in [0.1, 0.15) is 38.3 Å². The summed E-state index contributed by atoms with van der Waals surface area (Å²) in [6.07, 6.45) is -0.584. The van der Waals surface area contributed by atoms with Crippen molar-refractivity contribution in [2.75, 3.05) is 6.54 Å². The molecule has 0 aliphatic carbocycles. The van der Waals surface area contributed by atoms with Crippen molar-refractivity contribution in [1.82, 2.24) is 0 Å². The fraction of sp³-hybridized carbons (Fsp3) is 0.533. The molecule has 0 amide bonds. The van der Waals surface area contributed by atoms with Crippen LogP contribution >= 0.6 is 0 Å². The Labute approximate surface area is 114 Å². The van der Waals surface area contributed by atoms with Crippen molar-refractivity contribution >= 4 is 5.97 Å². The van der Waals surface area contributed by atoms with Crippen molar-refractivity contribution in [3.8, 4) is 5.75 Å². The number of carbonyl (C=O) groups is 1. The fourth-order valence-corrected chi connectivity index (χ4v) is 1.79. The number of rotatable bonds is 5. The molecule has 0 spiro atoms. The van der Waals surface area contributed by atoms with Crippen LogP contribution in [-0.2, 0) is 10.2 Å². The van der Waals surface area contributed by atoms with E-state index in [2.05, 4.69) is 20.8 Å². The lowest BCUT2D eigenvalue weighted by atomic mass is 9.86. The third-order valence-corrected chi connectivity index (χ3v) is 3.01. The molecule has 0 aliphatic rings. The van der Waals surface area contributed by atoms with Crippen LogP contribution in [0, 0.1) is 6.92 Å². The summed E-state index contributed by atoms with van der Waals surface area (Å²) in [5.41, 5.74) is 7.60. The molecular formula is C15H23NO3. The van der Waals surface area contributed by atoms with Gasteiger partial charge in [0, 0.05) is 6.42 Å². The highest BCUT2D eigenvalue weighted by Gasteiger charge is 2.20. The Kier molecular flexibility index (Phi) is 4.95. The molecule has 0 saturated heterocycles. The third-order valence-electron chi connectivity index (χ3n) is 3.01. The number of nitrogens with two attached hydrogens (primary N) is 1. The lowest BCUT2D eigenvalue weighted by Gasteiger charge is -2.22. The van der Waals surface area contributed by atoms with Crippen LogP contribution in [0.5, 0.6) is 5.75 Å². The van der Waals surface area contributed by atoms with Crippen molar-refractivity contribution in [1.29, 1.82) is 0 Å². The van der Waals surface area contributed by atoms with Crippen molar-refractivity contribution in [2.45, 2.75) is 45.6 Å². The summed E-state index contributed by atoms with van der Waals surface area (Å²) in [4.78, 5) is 11.1. The average molecular weight is 265 g/mol. The summed E-state index contributed by atoms with van der Waals surface area (Å²) in [6.45, 7) is 8.62. The molecule has 0 fully saturated rings. The van der Waals surface area contributed by atoms with E-state index < -0.39 is 12.1 Å². The number of carboxylic acids is 1. The molecule has 106 valence electrons. The number of hydrogen-bond acceptors (Lipinski definition) is 3. The van der Waals surface area contributed by atoms with Crippen LogP contribution in [0.4, 0.5) is 0 Å². The zero-order valence-corrected chi connectivity index (χ0v) is 12.1. The topological polar surface area (TPSA) is 72.5 Å². The van der Waals surface area contributed by atoms with Gasteiger partial charge in [0.15, 0.2) is 6.10 Å². The van der Waals surface area contributed by atoms with E-state index in [1.807, 2.05) is 25.1 Å². The van der Waals surface area contributed by atoms with Crippen molar-refractivity contribution < 1.29 is 14.6 Å². The Balaban J connectivity index is 2.93. The summed E-state index contributed by atoms with van der Waals surface area (Å²) in [7, 11) is 0. The van der Waals surface area contributed by atoms with Gasteiger partial charge in [0.05, 0.1) is 0 Å². The second-order valence-electron chi connectivity index (χ2n) is 5.75. The van der Waals surface area contributed by atoms with Gasteiger partial charge in [-0.25, -0.2) is 4.79 Å². The van der Waals surface area contributed by atoms with Gasteiger partial charge in [0.25, 0.3) is 0 Å². The van der Waals surface area contributed by atoms with Crippen molar-refractivity contribution in [2.24, 2.45) is 5.73 Å². The highest BCUT2D eigenvalue weighted by atomic mass is 16.5. The summed E-state index contributed by atoms with van der Waals surface area (Å²) < 4.78 is 5.54. The van der Waals surface area contributed by atoms with E-state index in [0.717, 1.165) is 5.56 Å². The summed E-state index contributed by atoms with van der Waals surface area (Å²) in [6, 6.07) is 5.85. The Morgan fingerprint density at radius 3 is 2.47 bits per heavy atom. The minimum atomic E-state index is -0.982. The Hall–Kier alpha value is -1.55. The van der Waals surface area contributed by atoms with Gasteiger partial charge in [-0.2, -0.15) is 0 Å². The molecule has 1 aromatic rings. The van der Waals surface area contributed by atoms with E-state index in [9.17, 15) is 4.79 Å². The van der Waals surface area contributed by atoms with Crippen molar-refractivity contribution in [3.63, 3.8) is 0 Å². The number of aliphatic carboxylic acids is 1. The smallest absolute Gasteiger partial charge is 0.344 e. The van der Waals surface area contributed by atoms with Gasteiger partial charge in [0.1, 0.15) is 5.75 Å². The molecule has 0 saturated carbocycles. The van der Waals surface area contributed by atoms with E-state index in [1.165, 1.54) is 5.56 Å². The molecule has 0 bridgehead atoms. The van der Waals surface area contributed by atoms with Crippen LogP contribution < -0.4 is 10.5 Å². The number of carboxylic acid groups (broad SMARTS) is 1. The SMILES string of the molecule is Cc1cc(C(C)(C)C)ccc1OC(CCN)C(=O)O. The van der Waals surface area contributed by atoms with Gasteiger partial charge in [-0.15, -0.1) is 0 Å². The van der Waals surface area contributed by atoms with Gasteiger partial charge >= 0.3 is 5.97 Å². The summed E-state index contributed by atoms with van der Waals surface area (Å²) >= 11 is 0. The number of aryl methyl sites for hydroxylation is 1. The molecule has 3 N–H and O–H groups in total. The molecule has 1 aromatic carbocycles. The number of benzene rings is 1. The minimum absolute atomic E-state index is 0.0622. The lowest BCUT2D eigenvalue weighted by Crippen LogP contribution is -2.29. The average Bonchev–Trinajstić information content (AvgIpc) is 2.29. The molecule has 4 nitrogen and oxygen atoms in total.